The number of rotatable bonds is 5. The molecule has 0 aliphatic heterocycles. The molecule has 2 nitrogen and oxygen atoms in total. The first-order valence-corrected chi connectivity index (χ1v) is 5.24. The van der Waals surface area contributed by atoms with Crippen molar-refractivity contribution in [1.82, 2.24) is 0 Å². The second kappa shape index (κ2) is 6.27. The lowest BCUT2D eigenvalue weighted by atomic mass is 9.96. The highest BCUT2D eigenvalue weighted by Crippen LogP contribution is 2.25. The normalized spacial score (nSPS) is 12.5. The molecule has 0 radical (unpaired) electrons. The van der Waals surface area contributed by atoms with E-state index in [0.29, 0.717) is 5.56 Å². The minimum absolute atomic E-state index is 0.125. The molecule has 1 aromatic rings. The van der Waals surface area contributed by atoms with Crippen LogP contribution in [0, 0.1) is 5.82 Å². The molecule has 0 saturated carbocycles. The Morgan fingerprint density at radius 1 is 1.29 bits per heavy atom. The molecule has 0 bridgehead atoms. The van der Waals surface area contributed by atoms with Crippen LogP contribution in [0.3, 0.4) is 0 Å². The molecule has 17 heavy (non-hydrogen) atoms. The number of esters is 1. The SMILES string of the molecule is CCOC(=O)[C@H](CC(F)F)c1ccc(F)cc1. The maximum absolute atomic E-state index is 12.7. The van der Waals surface area contributed by atoms with Crippen LogP contribution in [0.2, 0.25) is 0 Å². The van der Waals surface area contributed by atoms with Crippen LogP contribution in [0.1, 0.15) is 24.8 Å². The van der Waals surface area contributed by atoms with Gasteiger partial charge in [-0.1, -0.05) is 12.1 Å². The zero-order valence-corrected chi connectivity index (χ0v) is 9.33. The molecule has 1 rings (SSSR count). The summed E-state index contributed by atoms with van der Waals surface area (Å²) in [7, 11) is 0. The van der Waals surface area contributed by atoms with Gasteiger partial charge in [-0.3, -0.25) is 4.79 Å². The fourth-order valence-corrected chi connectivity index (χ4v) is 1.48. The molecule has 0 N–H and O–H groups in total. The number of hydrogen-bond donors (Lipinski definition) is 0. The lowest BCUT2D eigenvalue weighted by Gasteiger charge is -2.15. The minimum Gasteiger partial charge on any atom is -0.466 e. The van der Waals surface area contributed by atoms with E-state index in [-0.39, 0.29) is 6.61 Å². The predicted molar refractivity (Wildman–Crippen MR) is 56.4 cm³/mol. The van der Waals surface area contributed by atoms with Crippen LogP contribution < -0.4 is 0 Å². The third-order valence-corrected chi connectivity index (χ3v) is 2.26. The summed E-state index contributed by atoms with van der Waals surface area (Å²) in [4.78, 5) is 11.5. The highest BCUT2D eigenvalue weighted by atomic mass is 19.3. The van der Waals surface area contributed by atoms with Crippen LogP contribution in [0.15, 0.2) is 24.3 Å². The van der Waals surface area contributed by atoms with Gasteiger partial charge in [0.15, 0.2) is 0 Å². The van der Waals surface area contributed by atoms with Crippen molar-refractivity contribution in [3.63, 3.8) is 0 Å². The summed E-state index contributed by atoms with van der Waals surface area (Å²) < 4.78 is 42.2. The molecule has 0 spiro atoms. The number of carbonyl (C=O) groups is 1. The molecule has 0 unspecified atom stereocenters. The summed E-state index contributed by atoms with van der Waals surface area (Å²) in [5, 5.41) is 0. The van der Waals surface area contributed by atoms with Gasteiger partial charge < -0.3 is 4.74 Å². The van der Waals surface area contributed by atoms with Gasteiger partial charge in [0.2, 0.25) is 6.43 Å². The summed E-state index contributed by atoms with van der Waals surface area (Å²) in [5.41, 5.74) is 0.338. The van der Waals surface area contributed by atoms with Gasteiger partial charge in [0.1, 0.15) is 5.82 Å². The summed E-state index contributed by atoms with van der Waals surface area (Å²) >= 11 is 0. The molecule has 5 heteroatoms. The smallest absolute Gasteiger partial charge is 0.313 e. The Balaban J connectivity index is 2.89. The molecule has 0 amide bonds. The molecule has 0 fully saturated rings. The number of hydrogen-bond acceptors (Lipinski definition) is 2. The van der Waals surface area contributed by atoms with E-state index in [4.69, 9.17) is 4.74 Å². The molecule has 0 aromatic heterocycles. The number of benzene rings is 1. The van der Waals surface area contributed by atoms with Gasteiger partial charge in [0.05, 0.1) is 12.5 Å². The van der Waals surface area contributed by atoms with Crippen LogP contribution >= 0.6 is 0 Å². The molecule has 1 atom stereocenters. The monoisotopic (exact) mass is 246 g/mol. The number of ether oxygens (including phenoxy) is 1. The first-order valence-electron chi connectivity index (χ1n) is 5.24. The van der Waals surface area contributed by atoms with Crippen molar-refractivity contribution in [2.45, 2.75) is 25.7 Å². The van der Waals surface area contributed by atoms with Gasteiger partial charge in [0, 0.05) is 6.42 Å². The standard InChI is InChI=1S/C12H13F3O2/c1-2-17-12(16)10(7-11(14)15)8-3-5-9(13)6-4-8/h3-6,10-11H,2,7H2,1H3/t10-/m1/s1. The van der Waals surface area contributed by atoms with Gasteiger partial charge in [-0.15, -0.1) is 0 Å². The Morgan fingerprint density at radius 3 is 2.35 bits per heavy atom. The molecule has 0 saturated heterocycles. The highest BCUT2D eigenvalue weighted by Gasteiger charge is 2.25. The third kappa shape index (κ3) is 4.09. The summed E-state index contributed by atoms with van der Waals surface area (Å²) in [6.45, 7) is 1.72. The molecular formula is C12H13F3O2. The second-order valence-electron chi connectivity index (χ2n) is 3.48. The van der Waals surface area contributed by atoms with Gasteiger partial charge in [-0.2, -0.15) is 0 Å². The van der Waals surface area contributed by atoms with Crippen molar-refractivity contribution in [1.29, 1.82) is 0 Å². The van der Waals surface area contributed by atoms with E-state index in [9.17, 15) is 18.0 Å². The van der Waals surface area contributed by atoms with Crippen LogP contribution in [-0.2, 0) is 9.53 Å². The van der Waals surface area contributed by atoms with Crippen molar-refractivity contribution in [3.8, 4) is 0 Å². The van der Waals surface area contributed by atoms with E-state index in [0.717, 1.165) is 12.1 Å². The van der Waals surface area contributed by atoms with E-state index in [1.54, 1.807) is 6.92 Å². The Kier molecular flexibility index (Phi) is 5.00. The lowest BCUT2D eigenvalue weighted by Crippen LogP contribution is -2.18. The van der Waals surface area contributed by atoms with E-state index in [1.807, 2.05) is 0 Å². The Bertz CT molecular complexity index is 363. The number of halogens is 3. The van der Waals surface area contributed by atoms with Crippen LogP contribution in [0.25, 0.3) is 0 Å². The molecule has 0 aliphatic rings. The zero-order chi connectivity index (χ0) is 12.8. The van der Waals surface area contributed by atoms with Crippen molar-refractivity contribution in [2.75, 3.05) is 6.61 Å². The average Bonchev–Trinajstić information content (AvgIpc) is 2.27. The topological polar surface area (TPSA) is 26.3 Å². The summed E-state index contributed by atoms with van der Waals surface area (Å²) in [5.74, 6) is -2.23. The van der Waals surface area contributed by atoms with Gasteiger partial charge in [-0.25, -0.2) is 13.2 Å². The van der Waals surface area contributed by atoms with Crippen molar-refractivity contribution >= 4 is 5.97 Å². The van der Waals surface area contributed by atoms with E-state index >= 15 is 0 Å². The molecule has 0 heterocycles. The van der Waals surface area contributed by atoms with E-state index in [2.05, 4.69) is 0 Å². The Morgan fingerprint density at radius 2 is 1.88 bits per heavy atom. The van der Waals surface area contributed by atoms with E-state index in [1.165, 1.54) is 12.1 Å². The fourth-order valence-electron chi connectivity index (χ4n) is 1.48. The number of alkyl halides is 2. The van der Waals surface area contributed by atoms with Crippen molar-refractivity contribution < 1.29 is 22.7 Å². The van der Waals surface area contributed by atoms with E-state index < -0.39 is 30.6 Å². The van der Waals surface area contributed by atoms with Crippen molar-refractivity contribution in [2.24, 2.45) is 0 Å². The van der Waals surface area contributed by atoms with Gasteiger partial charge >= 0.3 is 5.97 Å². The quantitative estimate of drug-likeness (QED) is 0.746. The first kappa shape index (κ1) is 13.5. The summed E-state index contributed by atoms with van der Waals surface area (Å²) in [6, 6.07) is 4.90. The third-order valence-electron chi connectivity index (χ3n) is 2.26. The maximum atomic E-state index is 12.7. The van der Waals surface area contributed by atoms with Crippen LogP contribution in [0.5, 0.6) is 0 Å². The van der Waals surface area contributed by atoms with Crippen LogP contribution in [0.4, 0.5) is 13.2 Å². The Labute approximate surface area is 97.4 Å². The molecular weight excluding hydrogens is 233 g/mol. The highest BCUT2D eigenvalue weighted by molar-refractivity contribution is 5.78. The Hall–Kier alpha value is -1.52. The molecule has 0 aliphatic carbocycles. The number of carbonyl (C=O) groups excluding carboxylic acids is 1. The largest absolute Gasteiger partial charge is 0.466 e. The molecule has 1 aromatic carbocycles. The van der Waals surface area contributed by atoms with Crippen LogP contribution in [-0.4, -0.2) is 19.0 Å². The summed E-state index contributed by atoms with van der Waals surface area (Å²) in [6.07, 6.45) is -3.24. The minimum atomic E-state index is -2.62. The fraction of sp³-hybridized carbons (Fsp3) is 0.417. The predicted octanol–water partition coefficient (Wildman–Crippen LogP) is 3.13. The maximum Gasteiger partial charge on any atom is 0.313 e. The lowest BCUT2D eigenvalue weighted by molar-refractivity contribution is -0.146. The first-order chi connectivity index (χ1) is 8.04. The van der Waals surface area contributed by atoms with Gasteiger partial charge in [0.25, 0.3) is 0 Å². The van der Waals surface area contributed by atoms with Crippen molar-refractivity contribution in [3.05, 3.63) is 35.6 Å². The molecule has 94 valence electrons. The average molecular weight is 246 g/mol. The zero-order valence-electron chi connectivity index (χ0n) is 9.33. The second-order valence-corrected chi connectivity index (χ2v) is 3.48. The van der Waals surface area contributed by atoms with Gasteiger partial charge in [-0.05, 0) is 24.6 Å².